The van der Waals surface area contributed by atoms with Gasteiger partial charge in [-0.15, -0.1) is 0 Å². The number of carbonyl (C=O) groups is 2. The fraction of sp³-hybridized carbons (Fsp3) is 0.905. The third-order valence-corrected chi connectivity index (χ3v) is 4.81. The maximum Gasteiger partial charge on any atom is 0.306 e. The Morgan fingerprint density at radius 2 is 1.00 bits per heavy atom. The lowest BCUT2D eigenvalue weighted by Crippen LogP contribution is -2.30. The number of hydrogen-bond acceptors (Lipinski definition) is 6. The molecule has 0 heterocycles. The van der Waals surface area contributed by atoms with Gasteiger partial charge in [0.2, 0.25) is 0 Å². The monoisotopic (exact) mass is 386 g/mol. The Bertz CT molecular complexity index is 388. The molecular formula is C21H42N2O4. The molecule has 4 atom stereocenters. The van der Waals surface area contributed by atoms with Crippen molar-refractivity contribution in [2.45, 2.75) is 72.0 Å². The number of carbonyl (C=O) groups excluding carboxylic acids is 2. The average molecular weight is 387 g/mol. The summed E-state index contributed by atoms with van der Waals surface area (Å²) in [5, 5.41) is 0. The number of unbranched alkanes of at least 4 members (excludes halogenated alkanes) is 2. The van der Waals surface area contributed by atoms with E-state index in [0.717, 1.165) is 32.4 Å². The molecule has 0 saturated heterocycles. The van der Waals surface area contributed by atoms with Gasteiger partial charge in [0.05, 0.1) is 0 Å². The minimum absolute atomic E-state index is 0.0829. The van der Waals surface area contributed by atoms with Gasteiger partial charge in [-0.2, -0.15) is 0 Å². The molecule has 0 bridgehead atoms. The van der Waals surface area contributed by atoms with Crippen molar-refractivity contribution in [2.24, 2.45) is 11.8 Å². The van der Waals surface area contributed by atoms with E-state index in [-0.39, 0.29) is 24.1 Å². The van der Waals surface area contributed by atoms with Crippen LogP contribution in [0.4, 0.5) is 0 Å². The Balaban J connectivity index is 3.86. The summed E-state index contributed by atoms with van der Waals surface area (Å²) in [6.07, 6.45) is 2.96. The van der Waals surface area contributed by atoms with E-state index in [0.29, 0.717) is 24.7 Å². The molecule has 0 aromatic heterocycles. The summed E-state index contributed by atoms with van der Waals surface area (Å²) >= 11 is 0. The molecule has 0 radical (unpaired) electrons. The highest BCUT2D eigenvalue weighted by molar-refractivity contribution is 5.70. The second kappa shape index (κ2) is 13.9. The number of rotatable bonds is 14. The molecule has 0 amide bonds. The fourth-order valence-corrected chi connectivity index (χ4v) is 2.93. The van der Waals surface area contributed by atoms with Gasteiger partial charge in [-0.05, 0) is 54.9 Å². The molecule has 6 nitrogen and oxygen atoms in total. The average Bonchev–Trinajstić information content (AvgIpc) is 2.52. The number of nitrogens with zero attached hydrogens (tertiary/aromatic N) is 2. The zero-order chi connectivity index (χ0) is 21.0. The van der Waals surface area contributed by atoms with E-state index in [1.165, 1.54) is 0 Å². The zero-order valence-electron chi connectivity index (χ0n) is 18.8. The van der Waals surface area contributed by atoms with E-state index in [2.05, 4.69) is 23.6 Å². The van der Waals surface area contributed by atoms with E-state index < -0.39 is 0 Å². The summed E-state index contributed by atoms with van der Waals surface area (Å²) in [4.78, 5) is 28.0. The van der Waals surface area contributed by atoms with Gasteiger partial charge in [-0.3, -0.25) is 9.59 Å². The molecule has 160 valence electrons. The molecule has 0 fully saturated rings. The van der Waals surface area contributed by atoms with E-state index in [1.54, 1.807) is 0 Å². The van der Waals surface area contributed by atoms with Crippen LogP contribution in [0.25, 0.3) is 0 Å². The second-order valence-corrected chi connectivity index (χ2v) is 8.43. The quantitative estimate of drug-likeness (QED) is 0.337. The first-order chi connectivity index (χ1) is 12.5. The Morgan fingerprint density at radius 1 is 0.667 bits per heavy atom. The van der Waals surface area contributed by atoms with Gasteiger partial charge in [0, 0.05) is 37.8 Å². The zero-order valence-corrected chi connectivity index (χ0v) is 18.8. The van der Waals surface area contributed by atoms with Crippen LogP contribution in [0.15, 0.2) is 0 Å². The van der Waals surface area contributed by atoms with Crippen molar-refractivity contribution in [2.75, 3.05) is 41.3 Å². The van der Waals surface area contributed by atoms with Crippen LogP contribution in [0.5, 0.6) is 0 Å². The summed E-state index contributed by atoms with van der Waals surface area (Å²) < 4.78 is 11.0. The van der Waals surface area contributed by atoms with Gasteiger partial charge < -0.3 is 19.3 Å². The highest BCUT2D eigenvalue weighted by Gasteiger charge is 2.18. The van der Waals surface area contributed by atoms with Gasteiger partial charge >= 0.3 is 11.9 Å². The molecule has 4 unspecified atom stereocenters. The Labute approximate surface area is 166 Å². The first-order valence-electron chi connectivity index (χ1n) is 10.2. The molecule has 0 aliphatic carbocycles. The van der Waals surface area contributed by atoms with Crippen LogP contribution in [-0.4, -0.2) is 75.2 Å². The third-order valence-electron chi connectivity index (χ3n) is 4.81. The minimum Gasteiger partial charge on any atom is -0.462 e. The molecule has 0 aromatic carbocycles. The predicted molar refractivity (Wildman–Crippen MR) is 110 cm³/mol. The van der Waals surface area contributed by atoms with Gasteiger partial charge in [0.25, 0.3) is 0 Å². The lowest BCUT2D eigenvalue weighted by Gasteiger charge is -2.23. The Morgan fingerprint density at radius 3 is 1.30 bits per heavy atom. The summed E-state index contributed by atoms with van der Waals surface area (Å²) in [5.74, 6) is 0.301. The van der Waals surface area contributed by atoms with Crippen molar-refractivity contribution >= 4 is 11.9 Å². The first-order valence-corrected chi connectivity index (χ1v) is 10.2. The second-order valence-electron chi connectivity index (χ2n) is 8.43. The third kappa shape index (κ3) is 13.6. The summed E-state index contributed by atoms with van der Waals surface area (Å²) in [5.41, 5.74) is 0. The first kappa shape index (κ1) is 25.9. The standard InChI is InChI=1S/C21H42N2O4/c1-16(14-22(5)6)18(3)26-20(24)12-10-9-11-13-21(25)27-19(4)17(2)15-23(7)8/h16-19H,9-15H2,1-8H3. The Kier molecular flexibility index (Phi) is 13.4. The van der Waals surface area contributed by atoms with Crippen LogP contribution in [0.2, 0.25) is 0 Å². The molecular weight excluding hydrogens is 344 g/mol. The number of esters is 2. The SMILES string of the molecule is CC(CN(C)C)C(C)OC(=O)CCCCCC(=O)OC(C)C(C)CN(C)C. The minimum atomic E-state index is -0.151. The van der Waals surface area contributed by atoms with Crippen LogP contribution in [0.1, 0.15) is 59.8 Å². The molecule has 0 spiro atoms. The fourth-order valence-electron chi connectivity index (χ4n) is 2.93. The van der Waals surface area contributed by atoms with Gasteiger partial charge in [0.15, 0.2) is 0 Å². The van der Waals surface area contributed by atoms with Crippen molar-refractivity contribution in [3.63, 3.8) is 0 Å². The molecule has 0 N–H and O–H groups in total. The molecule has 0 saturated carbocycles. The van der Waals surface area contributed by atoms with Crippen molar-refractivity contribution in [3.8, 4) is 0 Å². The largest absolute Gasteiger partial charge is 0.462 e. The van der Waals surface area contributed by atoms with E-state index >= 15 is 0 Å². The van der Waals surface area contributed by atoms with Crippen LogP contribution >= 0.6 is 0 Å². The molecule has 0 rings (SSSR count). The number of hydrogen-bond donors (Lipinski definition) is 0. The van der Waals surface area contributed by atoms with Crippen molar-refractivity contribution < 1.29 is 19.1 Å². The van der Waals surface area contributed by atoms with Gasteiger partial charge in [-0.25, -0.2) is 0 Å². The van der Waals surface area contributed by atoms with Crippen molar-refractivity contribution in [1.29, 1.82) is 0 Å². The maximum atomic E-state index is 11.9. The smallest absolute Gasteiger partial charge is 0.306 e. The normalized spacial score (nSPS) is 16.1. The van der Waals surface area contributed by atoms with E-state index in [1.807, 2.05) is 42.0 Å². The molecule has 0 aliphatic rings. The molecule has 6 heteroatoms. The van der Waals surface area contributed by atoms with Crippen molar-refractivity contribution in [1.82, 2.24) is 9.80 Å². The van der Waals surface area contributed by atoms with Gasteiger partial charge in [0.1, 0.15) is 12.2 Å². The highest BCUT2D eigenvalue weighted by atomic mass is 16.5. The van der Waals surface area contributed by atoms with Crippen LogP contribution in [0, 0.1) is 11.8 Å². The highest BCUT2D eigenvalue weighted by Crippen LogP contribution is 2.13. The molecule has 0 aliphatic heterocycles. The van der Waals surface area contributed by atoms with Crippen LogP contribution in [-0.2, 0) is 19.1 Å². The number of ether oxygens (including phenoxy) is 2. The van der Waals surface area contributed by atoms with Gasteiger partial charge in [-0.1, -0.05) is 20.3 Å². The predicted octanol–water partition coefficient (Wildman–Crippen LogP) is 3.20. The van der Waals surface area contributed by atoms with Crippen LogP contribution < -0.4 is 0 Å². The van der Waals surface area contributed by atoms with Crippen LogP contribution in [0.3, 0.4) is 0 Å². The summed E-state index contributed by atoms with van der Waals surface area (Å²) in [7, 11) is 8.05. The molecule has 27 heavy (non-hydrogen) atoms. The van der Waals surface area contributed by atoms with E-state index in [4.69, 9.17) is 9.47 Å². The lowest BCUT2D eigenvalue weighted by atomic mass is 10.1. The Hall–Kier alpha value is -1.14. The summed E-state index contributed by atoms with van der Waals surface area (Å²) in [6, 6.07) is 0. The maximum absolute atomic E-state index is 11.9. The summed E-state index contributed by atoms with van der Waals surface area (Å²) in [6.45, 7) is 9.85. The topological polar surface area (TPSA) is 59.1 Å². The van der Waals surface area contributed by atoms with Crippen molar-refractivity contribution in [3.05, 3.63) is 0 Å². The molecule has 0 aromatic rings. The van der Waals surface area contributed by atoms with E-state index in [9.17, 15) is 9.59 Å². The lowest BCUT2D eigenvalue weighted by molar-refractivity contribution is -0.151.